The van der Waals surface area contributed by atoms with E-state index in [2.05, 4.69) is 22.0 Å². The van der Waals surface area contributed by atoms with Crippen molar-refractivity contribution in [3.63, 3.8) is 0 Å². The highest BCUT2D eigenvalue weighted by Gasteiger charge is 2.29. The van der Waals surface area contributed by atoms with Crippen LogP contribution in [0.1, 0.15) is 10.8 Å². The van der Waals surface area contributed by atoms with Gasteiger partial charge in [0.25, 0.3) is 0 Å². The molecule has 1 aliphatic heterocycles. The lowest BCUT2D eigenvalue weighted by molar-refractivity contribution is -0.131. The van der Waals surface area contributed by atoms with E-state index in [0.717, 1.165) is 29.4 Å². The van der Waals surface area contributed by atoms with Crippen LogP contribution in [-0.4, -0.2) is 42.0 Å². The molecule has 0 bridgehead atoms. The first-order valence-electron chi connectivity index (χ1n) is 9.53. The fourth-order valence-corrected chi connectivity index (χ4v) is 4.52. The highest BCUT2D eigenvalue weighted by molar-refractivity contribution is 8.00. The standard InChI is InChI=1S/C23H23N3OS/c27-23(26-17-15-25(16-18-26)21-13-7-8-14-24-21)22(19-9-3-1-4-10-19)28-20-11-5-2-6-12-20/h1-14,22H,15-18H2/t22-/m0/s1. The van der Waals surface area contributed by atoms with Gasteiger partial charge in [0.2, 0.25) is 5.91 Å². The predicted octanol–water partition coefficient (Wildman–Crippen LogP) is 4.26. The molecule has 1 fully saturated rings. The summed E-state index contributed by atoms with van der Waals surface area (Å²) in [6.07, 6.45) is 1.81. The molecule has 2 heterocycles. The van der Waals surface area contributed by atoms with E-state index in [1.54, 1.807) is 11.8 Å². The summed E-state index contributed by atoms with van der Waals surface area (Å²) in [6.45, 7) is 3.04. The van der Waals surface area contributed by atoms with Crippen molar-refractivity contribution < 1.29 is 4.79 Å². The minimum Gasteiger partial charge on any atom is -0.353 e. The van der Waals surface area contributed by atoms with Gasteiger partial charge in [0, 0.05) is 37.3 Å². The molecular formula is C23H23N3OS. The second-order valence-electron chi connectivity index (χ2n) is 6.72. The van der Waals surface area contributed by atoms with Gasteiger partial charge in [-0.25, -0.2) is 4.98 Å². The van der Waals surface area contributed by atoms with Crippen LogP contribution in [0, 0.1) is 0 Å². The number of nitrogens with zero attached hydrogens (tertiary/aromatic N) is 3. The Morgan fingerprint density at radius 1 is 0.821 bits per heavy atom. The van der Waals surface area contributed by atoms with Gasteiger partial charge < -0.3 is 9.80 Å². The molecule has 0 radical (unpaired) electrons. The smallest absolute Gasteiger partial charge is 0.240 e. The van der Waals surface area contributed by atoms with Crippen molar-refractivity contribution in [2.75, 3.05) is 31.1 Å². The van der Waals surface area contributed by atoms with Crippen LogP contribution in [0.3, 0.4) is 0 Å². The topological polar surface area (TPSA) is 36.4 Å². The van der Waals surface area contributed by atoms with Gasteiger partial charge in [-0.15, -0.1) is 11.8 Å². The number of thioether (sulfide) groups is 1. The molecule has 4 rings (SSSR count). The van der Waals surface area contributed by atoms with Crippen LogP contribution in [0.5, 0.6) is 0 Å². The Labute approximate surface area is 170 Å². The molecule has 0 aliphatic carbocycles. The molecule has 5 heteroatoms. The lowest BCUT2D eigenvalue weighted by atomic mass is 10.1. The molecular weight excluding hydrogens is 366 g/mol. The Hall–Kier alpha value is -2.79. The van der Waals surface area contributed by atoms with Gasteiger partial charge in [-0.1, -0.05) is 54.6 Å². The Kier molecular flexibility index (Phi) is 5.92. The van der Waals surface area contributed by atoms with Crippen molar-refractivity contribution in [3.8, 4) is 0 Å². The van der Waals surface area contributed by atoms with E-state index in [-0.39, 0.29) is 11.2 Å². The maximum absolute atomic E-state index is 13.4. The molecule has 4 nitrogen and oxygen atoms in total. The molecule has 1 aliphatic rings. The van der Waals surface area contributed by atoms with Crippen LogP contribution < -0.4 is 4.90 Å². The number of carbonyl (C=O) groups is 1. The highest BCUT2D eigenvalue weighted by atomic mass is 32.2. The first-order valence-corrected chi connectivity index (χ1v) is 10.4. The number of hydrogen-bond donors (Lipinski definition) is 0. The number of rotatable bonds is 5. The lowest BCUT2D eigenvalue weighted by Gasteiger charge is -2.37. The Morgan fingerprint density at radius 3 is 2.11 bits per heavy atom. The number of aromatic nitrogens is 1. The molecule has 1 saturated heterocycles. The van der Waals surface area contributed by atoms with E-state index in [0.29, 0.717) is 13.1 Å². The Bertz CT molecular complexity index is 881. The normalized spacial score (nSPS) is 15.3. The van der Waals surface area contributed by atoms with Crippen LogP contribution in [0.4, 0.5) is 5.82 Å². The van der Waals surface area contributed by atoms with Gasteiger partial charge in [-0.2, -0.15) is 0 Å². The summed E-state index contributed by atoms with van der Waals surface area (Å²) >= 11 is 1.62. The van der Waals surface area contributed by atoms with E-state index in [1.165, 1.54) is 0 Å². The molecule has 1 amide bonds. The van der Waals surface area contributed by atoms with E-state index in [4.69, 9.17) is 0 Å². The third-order valence-corrected chi connectivity index (χ3v) is 6.14. The van der Waals surface area contributed by atoms with Gasteiger partial charge in [-0.05, 0) is 29.8 Å². The summed E-state index contributed by atoms with van der Waals surface area (Å²) in [5.74, 6) is 1.16. The summed E-state index contributed by atoms with van der Waals surface area (Å²) < 4.78 is 0. The zero-order valence-corrected chi connectivity index (χ0v) is 16.5. The molecule has 0 unspecified atom stereocenters. The number of hydrogen-bond acceptors (Lipinski definition) is 4. The number of pyridine rings is 1. The van der Waals surface area contributed by atoms with Gasteiger partial charge in [0.1, 0.15) is 11.1 Å². The average Bonchev–Trinajstić information content (AvgIpc) is 2.79. The number of benzene rings is 2. The molecule has 0 N–H and O–H groups in total. The Balaban J connectivity index is 1.48. The van der Waals surface area contributed by atoms with Crippen molar-refractivity contribution in [2.24, 2.45) is 0 Å². The molecule has 1 atom stereocenters. The van der Waals surface area contributed by atoms with E-state index < -0.39 is 0 Å². The maximum atomic E-state index is 13.4. The Morgan fingerprint density at radius 2 is 1.46 bits per heavy atom. The van der Waals surface area contributed by atoms with Crippen LogP contribution >= 0.6 is 11.8 Å². The summed E-state index contributed by atoms with van der Waals surface area (Å²) in [5.41, 5.74) is 1.05. The highest BCUT2D eigenvalue weighted by Crippen LogP contribution is 2.36. The van der Waals surface area contributed by atoms with Gasteiger partial charge in [-0.3, -0.25) is 4.79 Å². The molecule has 2 aromatic carbocycles. The summed E-state index contributed by atoms with van der Waals surface area (Å²) in [4.78, 5) is 23.2. The molecule has 1 aromatic heterocycles. The summed E-state index contributed by atoms with van der Waals surface area (Å²) in [7, 11) is 0. The quantitative estimate of drug-likeness (QED) is 0.611. The second kappa shape index (κ2) is 8.93. The maximum Gasteiger partial charge on any atom is 0.240 e. The third-order valence-electron chi connectivity index (χ3n) is 4.89. The lowest BCUT2D eigenvalue weighted by Crippen LogP contribution is -2.50. The minimum absolute atomic E-state index is 0.181. The average molecular weight is 390 g/mol. The fourth-order valence-electron chi connectivity index (χ4n) is 3.39. The monoisotopic (exact) mass is 389 g/mol. The second-order valence-corrected chi connectivity index (χ2v) is 7.90. The van der Waals surface area contributed by atoms with Crippen molar-refractivity contribution in [1.29, 1.82) is 0 Å². The zero-order chi connectivity index (χ0) is 19.2. The summed E-state index contributed by atoms with van der Waals surface area (Å²) in [6, 6.07) is 26.2. The minimum atomic E-state index is -0.231. The fraction of sp³-hybridized carbons (Fsp3) is 0.217. The molecule has 0 saturated carbocycles. The van der Waals surface area contributed by atoms with E-state index in [1.807, 2.05) is 77.8 Å². The van der Waals surface area contributed by atoms with Crippen LogP contribution in [0.25, 0.3) is 0 Å². The van der Waals surface area contributed by atoms with Gasteiger partial charge in [0.15, 0.2) is 0 Å². The van der Waals surface area contributed by atoms with Crippen molar-refractivity contribution in [3.05, 3.63) is 90.6 Å². The van der Waals surface area contributed by atoms with Crippen molar-refractivity contribution in [2.45, 2.75) is 10.1 Å². The zero-order valence-electron chi connectivity index (χ0n) is 15.6. The van der Waals surface area contributed by atoms with Crippen molar-refractivity contribution in [1.82, 2.24) is 9.88 Å². The first kappa shape index (κ1) is 18.6. The first-order chi connectivity index (χ1) is 13.8. The van der Waals surface area contributed by atoms with Gasteiger partial charge in [0.05, 0.1) is 0 Å². The number of carbonyl (C=O) groups excluding carboxylic acids is 1. The number of amides is 1. The van der Waals surface area contributed by atoms with Crippen LogP contribution in [0.15, 0.2) is 90.0 Å². The van der Waals surface area contributed by atoms with E-state index in [9.17, 15) is 4.79 Å². The third kappa shape index (κ3) is 4.37. The SMILES string of the molecule is O=C([C@@H](Sc1ccccc1)c1ccccc1)N1CCN(c2ccccn2)CC1. The largest absolute Gasteiger partial charge is 0.353 e. The molecule has 3 aromatic rings. The number of piperazine rings is 1. The van der Waals surface area contributed by atoms with Crippen molar-refractivity contribution >= 4 is 23.5 Å². The van der Waals surface area contributed by atoms with E-state index >= 15 is 0 Å². The van der Waals surface area contributed by atoms with Crippen LogP contribution in [0.2, 0.25) is 0 Å². The number of anilines is 1. The van der Waals surface area contributed by atoms with Crippen LogP contribution in [-0.2, 0) is 4.79 Å². The predicted molar refractivity (Wildman–Crippen MR) is 115 cm³/mol. The summed E-state index contributed by atoms with van der Waals surface area (Å²) in [5, 5.41) is -0.231. The molecule has 142 valence electrons. The van der Waals surface area contributed by atoms with Gasteiger partial charge >= 0.3 is 0 Å². The molecule has 28 heavy (non-hydrogen) atoms. The molecule has 0 spiro atoms.